The van der Waals surface area contributed by atoms with Crippen molar-refractivity contribution in [2.45, 2.75) is 155 Å². The lowest BCUT2D eigenvalue weighted by Crippen LogP contribution is -2.54. The molecule has 0 atom stereocenters. The third-order valence-electron chi connectivity index (χ3n) is 7.99. The molecule has 4 nitrogen and oxygen atoms in total. The van der Waals surface area contributed by atoms with Crippen LogP contribution in [0.2, 0.25) is 0 Å². The minimum absolute atomic E-state index is 0.0402. The zero-order chi connectivity index (χ0) is 26.9. The van der Waals surface area contributed by atoms with E-state index < -0.39 is 0 Å². The predicted molar refractivity (Wildman–Crippen MR) is 149 cm³/mol. The predicted octanol–water partition coefficient (Wildman–Crippen LogP) is 8.42. The van der Waals surface area contributed by atoms with E-state index in [-0.39, 0.29) is 33.5 Å². The number of rotatable bonds is 0. The van der Waals surface area contributed by atoms with Gasteiger partial charge in [0, 0.05) is 11.1 Å². The van der Waals surface area contributed by atoms with Crippen LogP contribution in [0.4, 0.5) is 0 Å². The molecule has 2 heterocycles. The van der Waals surface area contributed by atoms with E-state index in [1.165, 1.54) is 0 Å². The Morgan fingerprint density at radius 1 is 0.486 bits per heavy atom. The Labute approximate surface area is 217 Å². The average Bonchev–Trinajstić information content (AvgIpc) is 2.69. The monoisotopic (exact) mass is 489 g/mol. The highest BCUT2D eigenvalue weighted by Gasteiger charge is 2.39. The molecule has 0 amide bonds. The van der Waals surface area contributed by atoms with Gasteiger partial charge >= 0.3 is 0 Å². The van der Waals surface area contributed by atoms with E-state index in [1.807, 2.05) is 24.3 Å². The molecule has 0 radical (unpaired) electrons. The van der Waals surface area contributed by atoms with Gasteiger partial charge < -0.3 is 14.2 Å². The van der Waals surface area contributed by atoms with Crippen molar-refractivity contribution < 1.29 is 14.2 Å². The molecule has 1 aromatic rings. The molecule has 4 heteroatoms. The average molecular weight is 490 g/mol. The maximum atomic E-state index is 6.74. The van der Waals surface area contributed by atoms with Gasteiger partial charge in [0.1, 0.15) is 22.7 Å². The van der Waals surface area contributed by atoms with Gasteiger partial charge in [0.2, 0.25) is 0 Å². The number of nitrogens with zero attached hydrogens (tertiary/aromatic N) is 1. The van der Waals surface area contributed by atoms with Crippen molar-refractivity contribution in [3.05, 3.63) is 24.3 Å². The molecule has 0 aliphatic carbocycles. The van der Waals surface area contributed by atoms with E-state index in [0.29, 0.717) is 0 Å². The quantitative estimate of drug-likeness (QED) is 0.366. The van der Waals surface area contributed by atoms with Crippen LogP contribution in [-0.2, 0) is 4.74 Å². The second-order valence-corrected chi connectivity index (χ2v) is 14.5. The van der Waals surface area contributed by atoms with Crippen LogP contribution in [0.3, 0.4) is 0 Å². The molecule has 0 saturated heterocycles. The topological polar surface area (TPSA) is 30.9 Å². The number of ether oxygens (including phenoxy) is 3. The molecule has 2 aliphatic heterocycles. The number of fused-ring (bicyclic) bond motifs is 17. The molecule has 2 aliphatic rings. The molecule has 1 aromatic carbocycles. The molecule has 3 rings (SSSR count). The maximum Gasteiger partial charge on any atom is 0.120 e. The minimum atomic E-state index is -0.288. The molecule has 2 bridgehead atoms. The van der Waals surface area contributed by atoms with Crippen molar-refractivity contribution in [2.75, 3.05) is 7.05 Å². The Bertz CT molecular complexity index is 818. The lowest BCUT2D eigenvalue weighted by Gasteiger charge is -2.48. The molecule has 0 saturated carbocycles. The molecule has 0 fully saturated rings. The summed E-state index contributed by atoms with van der Waals surface area (Å²) >= 11 is 0. The number of hydrogen-bond acceptors (Lipinski definition) is 4. The second-order valence-electron chi connectivity index (χ2n) is 14.5. The van der Waals surface area contributed by atoms with Crippen molar-refractivity contribution in [1.82, 2.24) is 4.90 Å². The van der Waals surface area contributed by atoms with Crippen LogP contribution in [0.25, 0.3) is 0 Å². The van der Waals surface area contributed by atoms with E-state index in [1.54, 1.807) is 0 Å². The van der Waals surface area contributed by atoms with E-state index in [9.17, 15) is 0 Å². The van der Waals surface area contributed by atoms with Crippen molar-refractivity contribution in [1.29, 1.82) is 0 Å². The van der Waals surface area contributed by atoms with Crippen LogP contribution in [0.15, 0.2) is 24.3 Å². The van der Waals surface area contributed by atoms with E-state index >= 15 is 0 Å². The Balaban J connectivity index is 2.35. The molecule has 0 N–H and O–H groups in total. The van der Waals surface area contributed by atoms with Crippen LogP contribution < -0.4 is 9.47 Å². The van der Waals surface area contributed by atoms with Crippen LogP contribution in [0, 0.1) is 0 Å². The van der Waals surface area contributed by atoms with E-state index in [0.717, 1.165) is 50.0 Å². The van der Waals surface area contributed by atoms with Crippen LogP contribution >= 0.6 is 0 Å². The summed E-state index contributed by atoms with van der Waals surface area (Å²) in [6, 6.07) is 8.11. The number of hydrogen-bond donors (Lipinski definition) is 0. The maximum absolute atomic E-state index is 6.74. The highest BCUT2D eigenvalue weighted by molar-refractivity contribution is 5.32. The SMILES string of the molecule is CN1C(C)(C)CCC(C)(C)Oc2ccc(cc2)OC(C)(C)CCC(C)(C)OC(C)(C)CCC1(C)C. The molecule has 0 spiro atoms. The van der Waals surface area contributed by atoms with Gasteiger partial charge in [-0.05, 0) is 153 Å². The summed E-state index contributed by atoms with van der Waals surface area (Å²) in [5, 5.41) is 0. The third kappa shape index (κ3) is 9.28. The molecular formula is C31H55NO3. The van der Waals surface area contributed by atoms with Crippen LogP contribution in [-0.4, -0.2) is 45.4 Å². The first-order valence-corrected chi connectivity index (χ1v) is 13.6. The standard InChI is InChI=1S/C31H55NO3/c1-26(2)18-20-28(5,6)33-24-14-16-25(17-15-24)34-29(7,8)22-23-31(11,12)35-30(9,10)21-19-27(3,4)32(26)13/h14-17H,18-23H2,1-13H3. The fraction of sp³-hybridized carbons (Fsp3) is 0.806. The van der Waals surface area contributed by atoms with Gasteiger partial charge in [0.25, 0.3) is 0 Å². The van der Waals surface area contributed by atoms with Crippen molar-refractivity contribution in [3.63, 3.8) is 0 Å². The van der Waals surface area contributed by atoms with Gasteiger partial charge in [0.05, 0.1) is 11.2 Å². The summed E-state index contributed by atoms with van der Waals surface area (Å²) < 4.78 is 19.6. The summed E-state index contributed by atoms with van der Waals surface area (Å²) in [4.78, 5) is 2.56. The van der Waals surface area contributed by atoms with Gasteiger partial charge in [-0.3, -0.25) is 4.90 Å². The third-order valence-corrected chi connectivity index (χ3v) is 7.99. The molecule has 0 unspecified atom stereocenters. The fourth-order valence-electron chi connectivity index (χ4n) is 5.14. The second kappa shape index (κ2) is 10.2. The van der Waals surface area contributed by atoms with Gasteiger partial charge in [-0.2, -0.15) is 0 Å². The summed E-state index contributed by atoms with van der Waals surface area (Å²) in [6.07, 6.45) is 5.91. The van der Waals surface area contributed by atoms with Gasteiger partial charge in [-0.15, -0.1) is 0 Å². The fourth-order valence-corrected chi connectivity index (χ4v) is 5.14. The van der Waals surface area contributed by atoms with Gasteiger partial charge in [-0.25, -0.2) is 0 Å². The molecular weight excluding hydrogens is 434 g/mol. The smallest absolute Gasteiger partial charge is 0.120 e. The van der Waals surface area contributed by atoms with Crippen molar-refractivity contribution >= 4 is 0 Å². The van der Waals surface area contributed by atoms with Crippen molar-refractivity contribution in [2.24, 2.45) is 0 Å². The lowest BCUT2D eigenvalue weighted by molar-refractivity contribution is -0.139. The highest BCUT2D eigenvalue weighted by atomic mass is 16.5. The summed E-state index contributed by atoms with van der Waals surface area (Å²) in [7, 11) is 2.28. The van der Waals surface area contributed by atoms with E-state index in [4.69, 9.17) is 14.2 Å². The zero-order valence-electron chi connectivity index (χ0n) is 25.2. The van der Waals surface area contributed by atoms with Gasteiger partial charge in [0.15, 0.2) is 0 Å². The molecule has 35 heavy (non-hydrogen) atoms. The largest absolute Gasteiger partial charge is 0.488 e. The normalized spacial score (nSPS) is 26.8. The minimum Gasteiger partial charge on any atom is -0.488 e. The Morgan fingerprint density at radius 2 is 0.771 bits per heavy atom. The first-order chi connectivity index (χ1) is 15.6. The van der Waals surface area contributed by atoms with E-state index in [2.05, 4.69) is 95.0 Å². The molecule has 0 aromatic heterocycles. The zero-order valence-corrected chi connectivity index (χ0v) is 25.2. The first kappa shape index (κ1) is 30.0. The van der Waals surface area contributed by atoms with Crippen LogP contribution in [0.5, 0.6) is 11.5 Å². The summed E-state index contributed by atoms with van der Waals surface area (Å²) in [5.41, 5.74) is -0.896. The Kier molecular flexibility index (Phi) is 8.77. The molecule has 202 valence electrons. The summed E-state index contributed by atoms with van der Waals surface area (Å²) in [5.74, 6) is 1.76. The van der Waals surface area contributed by atoms with Crippen LogP contribution in [0.1, 0.15) is 122 Å². The number of benzene rings is 1. The highest BCUT2D eigenvalue weighted by Crippen LogP contribution is 2.37. The van der Waals surface area contributed by atoms with Gasteiger partial charge in [-0.1, -0.05) is 0 Å². The summed E-state index contributed by atoms with van der Waals surface area (Å²) in [6.45, 7) is 27.1. The Hall–Kier alpha value is -1.26. The Morgan fingerprint density at radius 3 is 1.14 bits per heavy atom. The first-order valence-electron chi connectivity index (χ1n) is 13.6. The lowest BCUT2D eigenvalue weighted by atomic mass is 9.83. The van der Waals surface area contributed by atoms with Crippen molar-refractivity contribution in [3.8, 4) is 11.5 Å².